The van der Waals surface area contributed by atoms with E-state index >= 15 is 0 Å². The molecule has 0 aliphatic rings. The van der Waals surface area contributed by atoms with Crippen molar-refractivity contribution >= 4 is 27.3 Å². The minimum Gasteiger partial charge on any atom is -0.507 e. The lowest BCUT2D eigenvalue weighted by atomic mass is 9.93. The van der Waals surface area contributed by atoms with Gasteiger partial charge in [-0.05, 0) is 47.9 Å². The highest BCUT2D eigenvalue weighted by Crippen LogP contribution is 2.39. The van der Waals surface area contributed by atoms with Crippen molar-refractivity contribution < 1.29 is 14.6 Å². The fourth-order valence-corrected chi connectivity index (χ4v) is 3.40. The summed E-state index contributed by atoms with van der Waals surface area (Å²) in [5.74, 6) is 0.960. The first kappa shape index (κ1) is 17.1. The maximum Gasteiger partial charge on any atom is 0.169 e. The largest absolute Gasteiger partial charge is 0.507 e. The number of Topliss-reactive ketones (excluding diaryl/α,β-unsaturated/α-hetero) is 1. The number of hydrogen-bond acceptors (Lipinski definition) is 3. The van der Waals surface area contributed by atoms with E-state index in [1.807, 2.05) is 60.7 Å². The molecule has 0 aromatic heterocycles. The number of carbonyl (C=O) groups excluding carboxylic acids is 1. The average Bonchev–Trinajstić information content (AvgIpc) is 2.69. The molecular weight excluding hydrogens is 336 g/mol. The van der Waals surface area contributed by atoms with Crippen molar-refractivity contribution in [2.75, 3.05) is 0 Å². The molecule has 0 saturated carbocycles. The van der Waals surface area contributed by atoms with Gasteiger partial charge in [-0.1, -0.05) is 60.7 Å². The minimum atomic E-state index is -0.492. The molecule has 4 aromatic carbocycles. The lowest BCUT2D eigenvalue weighted by molar-refractivity contribution is -0.122. The van der Waals surface area contributed by atoms with Crippen LogP contribution in [0.5, 0.6) is 11.5 Å². The third-order valence-electron chi connectivity index (χ3n) is 4.95. The zero-order chi connectivity index (χ0) is 19.0. The molecule has 27 heavy (non-hydrogen) atoms. The van der Waals surface area contributed by atoms with E-state index in [4.69, 9.17) is 4.74 Å². The normalized spacial score (nSPS) is 12.2. The molecule has 1 atom stereocenters. The van der Waals surface area contributed by atoms with Crippen molar-refractivity contribution in [2.24, 2.45) is 0 Å². The van der Waals surface area contributed by atoms with Crippen LogP contribution in [0.3, 0.4) is 0 Å². The summed E-state index contributed by atoms with van der Waals surface area (Å²) in [6.07, 6.45) is -0.492. The van der Waals surface area contributed by atoms with Gasteiger partial charge in [-0.15, -0.1) is 0 Å². The molecule has 1 unspecified atom stereocenters. The standard InChI is InChI=1S/C24H20O3/c1-15(25)16(2)27-24-14-12-20(18-8-4-6-10-22(18)24)19-11-13-23(26)21-9-5-3-7-17(19)21/h3-14,16,26H,1-2H3. The predicted molar refractivity (Wildman–Crippen MR) is 109 cm³/mol. The molecule has 0 radical (unpaired) electrons. The molecule has 0 amide bonds. The van der Waals surface area contributed by atoms with Gasteiger partial charge in [0.2, 0.25) is 0 Å². The zero-order valence-corrected chi connectivity index (χ0v) is 15.3. The van der Waals surface area contributed by atoms with Gasteiger partial charge in [-0.2, -0.15) is 0 Å². The van der Waals surface area contributed by atoms with E-state index < -0.39 is 6.10 Å². The molecule has 0 heterocycles. The van der Waals surface area contributed by atoms with Crippen molar-refractivity contribution in [3.8, 4) is 22.6 Å². The lowest BCUT2D eigenvalue weighted by Gasteiger charge is -2.17. The fourth-order valence-electron chi connectivity index (χ4n) is 3.40. The van der Waals surface area contributed by atoms with Gasteiger partial charge >= 0.3 is 0 Å². The van der Waals surface area contributed by atoms with E-state index in [1.165, 1.54) is 6.92 Å². The van der Waals surface area contributed by atoms with Crippen LogP contribution in [0.25, 0.3) is 32.7 Å². The Morgan fingerprint density at radius 2 is 1.30 bits per heavy atom. The van der Waals surface area contributed by atoms with E-state index in [9.17, 15) is 9.90 Å². The number of phenolic OH excluding ortho intramolecular Hbond substituents is 1. The number of benzene rings is 4. The first-order valence-electron chi connectivity index (χ1n) is 8.96. The molecule has 134 valence electrons. The Bertz CT molecular complexity index is 1160. The van der Waals surface area contributed by atoms with Gasteiger partial charge in [0.25, 0.3) is 0 Å². The van der Waals surface area contributed by atoms with E-state index in [0.717, 1.165) is 32.7 Å². The SMILES string of the molecule is CC(=O)C(C)Oc1ccc(-c2ccc(O)c3ccccc23)c2ccccc12. The smallest absolute Gasteiger partial charge is 0.169 e. The Kier molecular flexibility index (Phi) is 4.28. The van der Waals surface area contributed by atoms with Crippen molar-refractivity contribution in [1.29, 1.82) is 0 Å². The molecule has 3 heteroatoms. The Morgan fingerprint density at radius 3 is 1.93 bits per heavy atom. The molecule has 3 nitrogen and oxygen atoms in total. The maximum absolute atomic E-state index is 11.6. The second kappa shape index (κ2) is 6.76. The molecule has 0 fully saturated rings. The Balaban J connectivity index is 1.95. The van der Waals surface area contributed by atoms with E-state index in [2.05, 4.69) is 6.07 Å². The van der Waals surface area contributed by atoms with Crippen molar-refractivity contribution in [2.45, 2.75) is 20.0 Å². The quantitative estimate of drug-likeness (QED) is 0.508. The third-order valence-corrected chi connectivity index (χ3v) is 4.95. The second-order valence-corrected chi connectivity index (χ2v) is 6.71. The van der Waals surface area contributed by atoms with Gasteiger partial charge in [0.1, 0.15) is 11.5 Å². The van der Waals surface area contributed by atoms with E-state index in [-0.39, 0.29) is 11.5 Å². The molecule has 1 N–H and O–H groups in total. The summed E-state index contributed by atoms with van der Waals surface area (Å²) >= 11 is 0. The molecule has 0 aliphatic carbocycles. The van der Waals surface area contributed by atoms with Crippen LogP contribution in [0.1, 0.15) is 13.8 Å². The highest BCUT2D eigenvalue weighted by atomic mass is 16.5. The summed E-state index contributed by atoms with van der Waals surface area (Å²) < 4.78 is 5.90. The molecule has 4 aromatic rings. The second-order valence-electron chi connectivity index (χ2n) is 6.71. The number of ketones is 1. The maximum atomic E-state index is 11.6. The van der Waals surface area contributed by atoms with Crippen LogP contribution in [0.4, 0.5) is 0 Å². The number of phenols is 1. The van der Waals surface area contributed by atoms with Crippen LogP contribution < -0.4 is 4.74 Å². The highest BCUT2D eigenvalue weighted by molar-refractivity contribution is 6.08. The summed E-state index contributed by atoms with van der Waals surface area (Å²) in [5, 5.41) is 14.0. The number of hydrogen-bond donors (Lipinski definition) is 1. The summed E-state index contributed by atoms with van der Waals surface area (Å²) in [6.45, 7) is 3.29. The van der Waals surface area contributed by atoms with Crippen LogP contribution >= 0.6 is 0 Å². The molecule has 0 aliphatic heterocycles. The van der Waals surface area contributed by atoms with Crippen molar-refractivity contribution in [3.63, 3.8) is 0 Å². The topological polar surface area (TPSA) is 46.5 Å². The van der Waals surface area contributed by atoms with Crippen LogP contribution in [-0.2, 0) is 4.79 Å². The van der Waals surface area contributed by atoms with E-state index in [0.29, 0.717) is 5.75 Å². The van der Waals surface area contributed by atoms with Gasteiger partial charge < -0.3 is 9.84 Å². The molecular formula is C24H20O3. The fraction of sp³-hybridized carbons (Fsp3) is 0.125. The number of ether oxygens (including phenoxy) is 1. The summed E-state index contributed by atoms with van der Waals surface area (Å²) in [6, 6.07) is 23.4. The van der Waals surface area contributed by atoms with Crippen LogP contribution in [0.2, 0.25) is 0 Å². The van der Waals surface area contributed by atoms with Crippen molar-refractivity contribution in [1.82, 2.24) is 0 Å². The van der Waals surface area contributed by atoms with Gasteiger partial charge in [0.05, 0.1) is 0 Å². The Morgan fingerprint density at radius 1 is 0.778 bits per heavy atom. The van der Waals surface area contributed by atoms with Gasteiger partial charge in [-0.25, -0.2) is 0 Å². The van der Waals surface area contributed by atoms with Crippen molar-refractivity contribution in [3.05, 3.63) is 72.8 Å². The number of rotatable bonds is 4. The molecule has 0 spiro atoms. The monoisotopic (exact) mass is 356 g/mol. The van der Waals surface area contributed by atoms with E-state index in [1.54, 1.807) is 13.0 Å². The first-order valence-corrected chi connectivity index (χ1v) is 8.96. The Labute approximate surface area is 157 Å². The van der Waals surface area contributed by atoms with Gasteiger partial charge in [-0.3, -0.25) is 4.79 Å². The van der Waals surface area contributed by atoms with Gasteiger partial charge in [0.15, 0.2) is 11.9 Å². The summed E-state index contributed by atoms with van der Waals surface area (Å²) in [7, 11) is 0. The highest BCUT2D eigenvalue weighted by Gasteiger charge is 2.15. The minimum absolute atomic E-state index is 0.00677. The summed E-state index contributed by atoms with van der Waals surface area (Å²) in [5.41, 5.74) is 2.11. The molecule has 4 rings (SSSR count). The number of fused-ring (bicyclic) bond motifs is 2. The molecule has 0 bridgehead atoms. The third kappa shape index (κ3) is 3.02. The predicted octanol–water partition coefficient (Wildman–Crippen LogP) is 5.72. The molecule has 0 saturated heterocycles. The zero-order valence-electron chi connectivity index (χ0n) is 15.3. The van der Waals surface area contributed by atoms with Crippen LogP contribution in [-0.4, -0.2) is 17.0 Å². The van der Waals surface area contributed by atoms with Crippen LogP contribution in [0.15, 0.2) is 72.8 Å². The lowest BCUT2D eigenvalue weighted by Crippen LogP contribution is -2.20. The number of carbonyl (C=O) groups is 1. The summed E-state index contributed by atoms with van der Waals surface area (Å²) in [4.78, 5) is 11.6. The Hall–Kier alpha value is -3.33. The van der Waals surface area contributed by atoms with Crippen LogP contribution in [0, 0.1) is 0 Å². The average molecular weight is 356 g/mol. The number of aromatic hydroxyl groups is 1. The first-order chi connectivity index (χ1) is 13.1. The van der Waals surface area contributed by atoms with Gasteiger partial charge in [0, 0.05) is 10.8 Å².